The van der Waals surface area contributed by atoms with Crippen molar-refractivity contribution in [3.8, 4) is 0 Å². The first kappa shape index (κ1) is 21.1. The second kappa shape index (κ2) is 8.61. The summed E-state index contributed by atoms with van der Waals surface area (Å²) in [6.45, 7) is 5.71. The first-order valence-electron chi connectivity index (χ1n) is 11.2. The van der Waals surface area contributed by atoms with Gasteiger partial charge in [-0.05, 0) is 44.4 Å². The highest BCUT2D eigenvalue weighted by molar-refractivity contribution is 5.94. The maximum absolute atomic E-state index is 13.1. The molecule has 0 aliphatic carbocycles. The van der Waals surface area contributed by atoms with Crippen LogP contribution in [-0.2, 0) is 6.54 Å². The minimum atomic E-state index is -0.299. The van der Waals surface area contributed by atoms with Crippen LogP contribution >= 0.6 is 0 Å². The molecule has 0 unspecified atom stereocenters. The number of aromatic nitrogens is 5. The number of amides is 1. The number of benzene rings is 2. The molecule has 8 heteroatoms. The van der Waals surface area contributed by atoms with Crippen LogP contribution in [0.2, 0.25) is 0 Å². The normalized spacial score (nSPS) is 16.3. The lowest BCUT2D eigenvalue weighted by atomic mass is 9.96. The largest absolute Gasteiger partial charge is 0.338 e. The van der Waals surface area contributed by atoms with Crippen molar-refractivity contribution in [3.63, 3.8) is 0 Å². The van der Waals surface area contributed by atoms with Crippen LogP contribution in [0.1, 0.15) is 51.6 Å². The fraction of sp³-hybridized carbons (Fsp3) is 0.320. The number of nitrogens with one attached hydrogen (secondary N) is 1. The van der Waals surface area contributed by atoms with Crippen LogP contribution in [0.4, 0.5) is 0 Å². The van der Waals surface area contributed by atoms with E-state index in [9.17, 15) is 9.59 Å². The van der Waals surface area contributed by atoms with E-state index in [2.05, 4.69) is 15.3 Å². The maximum Gasteiger partial charge on any atom is 0.281 e. The number of carbonyl (C=O) groups excluding carboxylic acids is 1. The molecule has 0 spiro atoms. The molecule has 1 atom stereocenters. The molecule has 8 nitrogen and oxygen atoms in total. The Morgan fingerprint density at radius 2 is 1.94 bits per heavy atom. The van der Waals surface area contributed by atoms with Crippen molar-refractivity contribution in [3.05, 3.63) is 87.0 Å². The highest BCUT2D eigenvalue weighted by atomic mass is 16.2. The van der Waals surface area contributed by atoms with Gasteiger partial charge in [0.25, 0.3) is 11.5 Å². The summed E-state index contributed by atoms with van der Waals surface area (Å²) in [5, 5.41) is 8.22. The molecule has 0 radical (unpaired) electrons. The molecule has 168 valence electrons. The van der Waals surface area contributed by atoms with E-state index in [1.54, 1.807) is 4.68 Å². The Balaban J connectivity index is 1.42. The number of nitrogens with zero attached hydrogens (tertiary/aromatic N) is 5. The summed E-state index contributed by atoms with van der Waals surface area (Å²) in [5.74, 6) is 0.548. The van der Waals surface area contributed by atoms with Gasteiger partial charge in [0.1, 0.15) is 5.82 Å². The molecule has 1 amide bonds. The van der Waals surface area contributed by atoms with E-state index in [4.69, 9.17) is 4.98 Å². The van der Waals surface area contributed by atoms with Gasteiger partial charge in [-0.15, -0.1) is 5.10 Å². The topological polar surface area (TPSA) is 96.8 Å². The first-order valence-corrected chi connectivity index (χ1v) is 11.2. The molecule has 1 aliphatic rings. The smallest absolute Gasteiger partial charge is 0.281 e. The van der Waals surface area contributed by atoms with Gasteiger partial charge in [-0.2, -0.15) is 0 Å². The zero-order chi connectivity index (χ0) is 22.9. The molecule has 2 aromatic heterocycles. The molecular weight excluding hydrogens is 416 g/mol. The third kappa shape index (κ3) is 4.28. The van der Waals surface area contributed by atoms with E-state index in [-0.39, 0.29) is 22.9 Å². The predicted molar refractivity (Wildman–Crippen MR) is 125 cm³/mol. The molecule has 1 N–H and O–H groups in total. The van der Waals surface area contributed by atoms with E-state index in [1.807, 2.05) is 67.3 Å². The molecule has 1 saturated heterocycles. The van der Waals surface area contributed by atoms with Crippen molar-refractivity contribution in [2.45, 2.75) is 39.2 Å². The van der Waals surface area contributed by atoms with Gasteiger partial charge < -0.3 is 9.88 Å². The number of piperidine rings is 1. The summed E-state index contributed by atoms with van der Waals surface area (Å²) in [5.41, 5.74) is 4.39. The van der Waals surface area contributed by atoms with Gasteiger partial charge >= 0.3 is 0 Å². The highest BCUT2D eigenvalue weighted by Crippen LogP contribution is 2.26. The molecule has 2 aromatic carbocycles. The molecule has 3 heterocycles. The van der Waals surface area contributed by atoms with Crippen LogP contribution < -0.4 is 5.56 Å². The molecule has 1 aliphatic heterocycles. The van der Waals surface area contributed by atoms with Gasteiger partial charge in [-0.25, -0.2) is 9.67 Å². The zero-order valence-electron chi connectivity index (χ0n) is 18.8. The number of likely N-dealkylation sites (tertiary alicyclic amines) is 1. The van der Waals surface area contributed by atoms with Crippen molar-refractivity contribution in [2.24, 2.45) is 0 Å². The van der Waals surface area contributed by atoms with Gasteiger partial charge in [0.2, 0.25) is 0 Å². The van der Waals surface area contributed by atoms with Crippen LogP contribution in [-0.4, -0.2) is 48.9 Å². The first-order chi connectivity index (χ1) is 16.0. The van der Waals surface area contributed by atoms with Crippen LogP contribution in [0.15, 0.2) is 53.3 Å². The Labute approximate surface area is 191 Å². The molecule has 1 fully saturated rings. The van der Waals surface area contributed by atoms with Crippen molar-refractivity contribution >= 4 is 17.1 Å². The minimum Gasteiger partial charge on any atom is -0.338 e. The standard InChI is InChI=1S/C25H26N6O2/c1-16-8-10-18(11-9-16)14-31-23-21(28-29-31)24(32)27-22(26-23)20-7-4-12-30(15-20)25(33)19-6-3-5-17(2)13-19/h3,5-6,8-11,13,20H,4,7,12,14-15H2,1-2H3,(H,26,27,32)/t20-/m1/s1. The van der Waals surface area contributed by atoms with Gasteiger partial charge in [0.05, 0.1) is 6.54 Å². The summed E-state index contributed by atoms with van der Waals surface area (Å²) < 4.78 is 1.66. The van der Waals surface area contributed by atoms with Crippen LogP contribution in [0, 0.1) is 13.8 Å². The highest BCUT2D eigenvalue weighted by Gasteiger charge is 2.28. The monoisotopic (exact) mass is 442 g/mol. The van der Waals surface area contributed by atoms with Crippen molar-refractivity contribution in [2.75, 3.05) is 13.1 Å². The quantitative estimate of drug-likeness (QED) is 0.524. The number of aromatic amines is 1. The minimum absolute atomic E-state index is 0.0119. The van der Waals surface area contributed by atoms with E-state index in [1.165, 1.54) is 5.56 Å². The summed E-state index contributed by atoms with van der Waals surface area (Å²) in [4.78, 5) is 35.3. The summed E-state index contributed by atoms with van der Waals surface area (Å²) in [6, 6.07) is 15.8. The van der Waals surface area contributed by atoms with E-state index >= 15 is 0 Å². The third-order valence-electron chi connectivity index (χ3n) is 6.21. The summed E-state index contributed by atoms with van der Waals surface area (Å²) in [6.07, 6.45) is 1.70. The molecule has 4 aromatic rings. The number of fused-ring (bicyclic) bond motifs is 1. The molecule has 5 rings (SSSR count). The Kier molecular flexibility index (Phi) is 5.50. The van der Waals surface area contributed by atoms with Crippen LogP contribution in [0.3, 0.4) is 0 Å². The number of hydrogen-bond acceptors (Lipinski definition) is 5. The van der Waals surface area contributed by atoms with Crippen molar-refractivity contribution < 1.29 is 4.79 Å². The third-order valence-corrected chi connectivity index (χ3v) is 6.21. The lowest BCUT2D eigenvalue weighted by Crippen LogP contribution is -2.40. The van der Waals surface area contributed by atoms with Crippen LogP contribution in [0.25, 0.3) is 11.2 Å². The molecule has 0 saturated carbocycles. The second-order valence-electron chi connectivity index (χ2n) is 8.82. The number of H-pyrrole nitrogens is 1. The van der Waals surface area contributed by atoms with Gasteiger partial charge in [-0.1, -0.05) is 52.7 Å². The Morgan fingerprint density at radius 3 is 2.73 bits per heavy atom. The number of aryl methyl sites for hydroxylation is 2. The number of carbonyl (C=O) groups is 1. The van der Waals surface area contributed by atoms with E-state index < -0.39 is 0 Å². The average Bonchev–Trinajstić information content (AvgIpc) is 3.23. The summed E-state index contributed by atoms with van der Waals surface area (Å²) >= 11 is 0. The fourth-order valence-electron chi connectivity index (χ4n) is 4.39. The molecule has 0 bridgehead atoms. The van der Waals surface area contributed by atoms with E-state index in [0.717, 1.165) is 24.0 Å². The summed E-state index contributed by atoms with van der Waals surface area (Å²) in [7, 11) is 0. The lowest BCUT2D eigenvalue weighted by Gasteiger charge is -2.32. The molecule has 33 heavy (non-hydrogen) atoms. The van der Waals surface area contributed by atoms with Crippen molar-refractivity contribution in [1.29, 1.82) is 0 Å². The van der Waals surface area contributed by atoms with Gasteiger partial charge in [-0.3, -0.25) is 9.59 Å². The second-order valence-corrected chi connectivity index (χ2v) is 8.82. The fourth-order valence-corrected chi connectivity index (χ4v) is 4.39. The Bertz CT molecular complexity index is 1370. The molecular formula is C25H26N6O2. The van der Waals surface area contributed by atoms with E-state index in [0.29, 0.717) is 36.7 Å². The predicted octanol–water partition coefficient (Wildman–Crippen LogP) is 3.20. The Hall–Kier alpha value is -3.81. The average molecular weight is 443 g/mol. The SMILES string of the molecule is Cc1ccc(Cn2nnc3c(=O)[nH]c([C@@H]4CCCN(C(=O)c5cccc(C)c5)C4)nc32)cc1. The van der Waals surface area contributed by atoms with Gasteiger partial charge in [0.15, 0.2) is 11.2 Å². The Morgan fingerprint density at radius 1 is 1.12 bits per heavy atom. The number of rotatable bonds is 4. The van der Waals surface area contributed by atoms with Crippen LogP contribution in [0.5, 0.6) is 0 Å². The number of hydrogen-bond donors (Lipinski definition) is 1. The maximum atomic E-state index is 13.1. The van der Waals surface area contributed by atoms with Crippen molar-refractivity contribution in [1.82, 2.24) is 29.9 Å². The zero-order valence-corrected chi connectivity index (χ0v) is 18.8. The van der Waals surface area contributed by atoms with Gasteiger partial charge in [0, 0.05) is 24.6 Å². The lowest BCUT2D eigenvalue weighted by molar-refractivity contribution is 0.0704.